The van der Waals surface area contributed by atoms with E-state index in [0.717, 1.165) is 16.7 Å². The third-order valence-corrected chi connectivity index (χ3v) is 6.10. The lowest BCUT2D eigenvalue weighted by Gasteiger charge is -2.22. The lowest BCUT2D eigenvalue weighted by atomic mass is 10.1. The zero-order chi connectivity index (χ0) is 18.7. The van der Waals surface area contributed by atoms with Gasteiger partial charge in [-0.1, -0.05) is 35.4 Å². The fraction of sp³-hybridized carbons (Fsp3) is 0.211. The molecule has 0 bridgehead atoms. The minimum Gasteiger partial charge on any atom is -0.468 e. The number of furan rings is 1. The van der Waals surface area contributed by atoms with Crippen LogP contribution in [0.2, 0.25) is 5.15 Å². The Morgan fingerprint density at radius 3 is 2.58 bits per heavy atom. The molecule has 0 fully saturated rings. The van der Waals surface area contributed by atoms with Crippen molar-refractivity contribution in [3.63, 3.8) is 0 Å². The van der Waals surface area contributed by atoms with Crippen molar-refractivity contribution in [3.05, 3.63) is 82.5 Å². The summed E-state index contributed by atoms with van der Waals surface area (Å²) >= 11 is 5.79. The maximum Gasteiger partial charge on any atom is 0.245 e. The summed E-state index contributed by atoms with van der Waals surface area (Å²) in [5, 5.41) is 0.246. The van der Waals surface area contributed by atoms with E-state index in [4.69, 9.17) is 16.0 Å². The molecule has 0 unspecified atom stereocenters. The van der Waals surface area contributed by atoms with Crippen molar-refractivity contribution in [2.75, 3.05) is 0 Å². The van der Waals surface area contributed by atoms with Crippen LogP contribution in [0.3, 0.4) is 0 Å². The standard InChI is InChI=1S/C19H19ClN2O3S/c1-14-5-6-15(2)16(10-14)12-22(13-17-4-3-9-25-17)26(23,24)18-7-8-19(20)21-11-18/h3-11H,12-13H2,1-2H3. The van der Waals surface area contributed by atoms with Gasteiger partial charge in [0.25, 0.3) is 0 Å². The van der Waals surface area contributed by atoms with E-state index >= 15 is 0 Å². The minimum absolute atomic E-state index is 0.0961. The molecule has 136 valence electrons. The minimum atomic E-state index is -3.77. The highest BCUT2D eigenvalue weighted by Crippen LogP contribution is 2.23. The number of nitrogens with zero attached hydrogens (tertiary/aromatic N) is 2. The molecule has 0 saturated carbocycles. The summed E-state index contributed by atoms with van der Waals surface area (Å²) in [6, 6.07) is 12.4. The fourth-order valence-corrected chi connectivity index (χ4v) is 4.07. The maximum absolute atomic E-state index is 13.2. The number of hydrogen-bond donors (Lipinski definition) is 0. The van der Waals surface area contributed by atoms with E-state index in [1.807, 2.05) is 32.0 Å². The van der Waals surface area contributed by atoms with Crippen LogP contribution in [0.15, 0.2) is 64.2 Å². The Hall–Kier alpha value is -2.15. The third kappa shape index (κ3) is 4.15. The zero-order valence-electron chi connectivity index (χ0n) is 14.5. The largest absolute Gasteiger partial charge is 0.468 e. The van der Waals surface area contributed by atoms with Crippen molar-refractivity contribution in [1.82, 2.24) is 9.29 Å². The summed E-state index contributed by atoms with van der Waals surface area (Å²) in [6.45, 7) is 4.32. The Morgan fingerprint density at radius 1 is 1.12 bits per heavy atom. The van der Waals surface area contributed by atoms with E-state index < -0.39 is 10.0 Å². The number of sulfonamides is 1. The number of benzene rings is 1. The van der Waals surface area contributed by atoms with Crippen LogP contribution in [0.5, 0.6) is 0 Å². The molecule has 0 aliphatic rings. The first-order valence-corrected chi connectivity index (χ1v) is 9.88. The van der Waals surface area contributed by atoms with Gasteiger partial charge in [0, 0.05) is 12.7 Å². The number of rotatable bonds is 6. The molecule has 0 radical (unpaired) electrons. The van der Waals surface area contributed by atoms with E-state index in [-0.39, 0.29) is 23.1 Å². The summed E-state index contributed by atoms with van der Waals surface area (Å²) in [5.74, 6) is 0.570. The predicted molar refractivity (Wildman–Crippen MR) is 100 cm³/mol. The van der Waals surface area contributed by atoms with Crippen LogP contribution in [0.1, 0.15) is 22.5 Å². The molecule has 5 nitrogen and oxygen atoms in total. The van der Waals surface area contributed by atoms with Crippen LogP contribution in [-0.2, 0) is 23.1 Å². The molecule has 7 heteroatoms. The molecular formula is C19H19ClN2O3S. The monoisotopic (exact) mass is 390 g/mol. The lowest BCUT2D eigenvalue weighted by molar-refractivity contribution is 0.358. The van der Waals surface area contributed by atoms with Crippen LogP contribution in [0.25, 0.3) is 0 Å². The van der Waals surface area contributed by atoms with Crippen molar-refractivity contribution in [2.24, 2.45) is 0 Å². The summed E-state index contributed by atoms with van der Waals surface area (Å²) < 4.78 is 33.1. The van der Waals surface area contributed by atoms with Gasteiger partial charge in [0.2, 0.25) is 10.0 Å². The lowest BCUT2D eigenvalue weighted by Crippen LogP contribution is -2.30. The molecule has 2 aromatic heterocycles. The molecule has 0 N–H and O–H groups in total. The number of aromatic nitrogens is 1. The molecule has 26 heavy (non-hydrogen) atoms. The maximum atomic E-state index is 13.2. The van der Waals surface area contributed by atoms with Gasteiger partial charge < -0.3 is 4.42 Å². The van der Waals surface area contributed by atoms with Crippen molar-refractivity contribution >= 4 is 21.6 Å². The first-order valence-electron chi connectivity index (χ1n) is 8.06. The van der Waals surface area contributed by atoms with Gasteiger partial charge >= 0.3 is 0 Å². The zero-order valence-corrected chi connectivity index (χ0v) is 16.1. The first kappa shape index (κ1) is 18.6. The van der Waals surface area contributed by atoms with E-state index in [0.29, 0.717) is 5.76 Å². The van der Waals surface area contributed by atoms with Crippen molar-refractivity contribution in [2.45, 2.75) is 31.8 Å². The summed E-state index contributed by atoms with van der Waals surface area (Å²) in [5.41, 5.74) is 3.06. The summed E-state index contributed by atoms with van der Waals surface area (Å²) in [7, 11) is -3.77. The van der Waals surface area contributed by atoms with E-state index in [2.05, 4.69) is 4.98 Å². The van der Waals surface area contributed by atoms with Gasteiger partial charge in [0.05, 0.1) is 12.8 Å². The number of hydrogen-bond acceptors (Lipinski definition) is 4. The van der Waals surface area contributed by atoms with Crippen LogP contribution in [-0.4, -0.2) is 17.7 Å². The van der Waals surface area contributed by atoms with Crippen molar-refractivity contribution in [3.8, 4) is 0 Å². The second-order valence-corrected chi connectivity index (χ2v) is 8.42. The number of aryl methyl sites for hydroxylation is 2. The van der Waals surface area contributed by atoms with Gasteiger partial charge in [-0.15, -0.1) is 0 Å². The summed E-state index contributed by atoms with van der Waals surface area (Å²) in [6.07, 6.45) is 2.80. The van der Waals surface area contributed by atoms with Crippen molar-refractivity contribution in [1.29, 1.82) is 0 Å². The van der Waals surface area contributed by atoms with Gasteiger partial charge in [-0.3, -0.25) is 0 Å². The Morgan fingerprint density at radius 2 is 1.92 bits per heavy atom. The van der Waals surface area contributed by atoms with Gasteiger partial charge in [-0.25, -0.2) is 13.4 Å². The highest BCUT2D eigenvalue weighted by molar-refractivity contribution is 7.89. The van der Waals surface area contributed by atoms with E-state index in [1.165, 1.54) is 28.9 Å². The molecule has 3 aromatic rings. The van der Waals surface area contributed by atoms with Crippen LogP contribution in [0.4, 0.5) is 0 Å². The second kappa shape index (κ2) is 7.61. The first-order chi connectivity index (χ1) is 12.4. The smallest absolute Gasteiger partial charge is 0.245 e. The SMILES string of the molecule is Cc1ccc(C)c(CN(Cc2ccco2)S(=O)(=O)c2ccc(Cl)nc2)c1. The normalized spacial score (nSPS) is 11.8. The molecule has 3 rings (SSSR count). The molecule has 0 aliphatic carbocycles. The molecular weight excluding hydrogens is 372 g/mol. The summed E-state index contributed by atoms with van der Waals surface area (Å²) in [4.78, 5) is 4.00. The Bertz CT molecular complexity index is 984. The third-order valence-electron chi connectivity index (χ3n) is 4.10. The number of pyridine rings is 1. The van der Waals surface area contributed by atoms with Gasteiger partial charge in [0.1, 0.15) is 15.8 Å². The predicted octanol–water partition coefficient (Wildman–Crippen LogP) is 4.34. The van der Waals surface area contributed by atoms with E-state index in [1.54, 1.807) is 12.1 Å². The molecule has 0 saturated heterocycles. The molecule has 0 spiro atoms. The second-order valence-electron chi connectivity index (χ2n) is 6.10. The Kier molecular flexibility index (Phi) is 5.46. The Balaban J connectivity index is 1.99. The molecule has 2 heterocycles. The van der Waals surface area contributed by atoms with Gasteiger partial charge in [0.15, 0.2) is 0 Å². The highest BCUT2D eigenvalue weighted by Gasteiger charge is 2.26. The fourth-order valence-electron chi connectivity index (χ4n) is 2.63. The van der Waals surface area contributed by atoms with Crippen molar-refractivity contribution < 1.29 is 12.8 Å². The van der Waals surface area contributed by atoms with E-state index in [9.17, 15) is 8.42 Å². The average molecular weight is 391 g/mol. The van der Waals surface area contributed by atoms with Gasteiger partial charge in [-0.2, -0.15) is 4.31 Å². The van der Waals surface area contributed by atoms with Gasteiger partial charge in [-0.05, 0) is 49.2 Å². The highest BCUT2D eigenvalue weighted by atomic mass is 35.5. The molecule has 0 aliphatic heterocycles. The average Bonchev–Trinajstić information content (AvgIpc) is 3.11. The number of halogens is 1. The molecule has 0 atom stereocenters. The van der Waals surface area contributed by atoms with Crippen LogP contribution >= 0.6 is 11.6 Å². The van der Waals surface area contributed by atoms with Crippen LogP contribution < -0.4 is 0 Å². The quantitative estimate of drug-likeness (QED) is 0.587. The molecule has 1 aromatic carbocycles. The Labute approximate surface area is 158 Å². The molecule has 0 amide bonds. The topological polar surface area (TPSA) is 63.4 Å². The van der Waals surface area contributed by atoms with Crippen LogP contribution in [0, 0.1) is 13.8 Å².